The van der Waals surface area contributed by atoms with Crippen LogP contribution in [0.2, 0.25) is 5.02 Å². The summed E-state index contributed by atoms with van der Waals surface area (Å²) in [7, 11) is 1.61. The number of esters is 1. The van der Waals surface area contributed by atoms with Crippen LogP contribution >= 0.6 is 23.4 Å². The molecule has 1 aromatic heterocycles. The first-order valence-electron chi connectivity index (χ1n) is 8.53. The van der Waals surface area contributed by atoms with Gasteiger partial charge in [0.25, 0.3) is 0 Å². The number of halogens is 1. The van der Waals surface area contributed by atoms with Crippen molar-refractivity contribution < 1.29 is 14.3 Å². The monoisotopic (exact) mass is 401 g/mol. The van der Waals surface area contributed by atoms with Crippen LogP contribution < -0.4 is 4.74 Å². The number of aromatic nitrogens is 1. The van der Waals surface area contributed by atoms with E-state index in [1.165, 1.54) is 11.8 Å². The molecule has 0 fully saturated rings. The van der Waals surface area contributed by atoms with Crippen LogP contribution in [0, 0.1) is 0 Å². The number of carbonyl (C=O) groups is 1. The summed E-state index contributed by atoms with van der Waals surface area (Å²) < 4.78 is 12.5. The number of thioether (sulfide) groups is 1. The Balaban J connectivity index is 2.01. The molecule has 27 heavy (non-hydrogen) atoms. The molecule has 1 heterocycles. The lowest BCUT2D eigenvalue weighted by molar-refractivity contribution is -0.142. The van der Waals surface area contributed by atoms with Crippen LogP contribution in [0.4, 0.5) is 0 Å². The van der Waals surface area contributed by atoms with E-state index in [1.807, 2.05) is 71.6 Å². The Bertz CT molecular complexity index is 894. The molecule has 140 valence electrons. The Labute approximate surface area is 168 Å². The number of rotatable bonds is 7. The van der Waals surface area contributed by atoms with Gasteiger partial charge in [-0.05, 0) is 48.9 Å². The van der Waals surface area contributed by atoms with Gasteiger partial charge in [-0.1, -0.05) is 29.8 Å². The Kier molecular flexibility index (Phi) is 6.48. The molecule has 1 atom stereocenters. The lowest BCUT2D eigenvalue weighted by atomic mass is 10.1. The highest BCUT2D eigenvalue weighted by Crippen LogP contribution is 2.43. The van der Waals surface area contributed by atoms with Gasteiger partial charge in [-0.3, -0.25) is 4.79 Å². The molecule has 0 amide bonds. The minimum absolute atomic E-state index is 0.300. The number of ether oxygens (including phenoxy) is 2. The molecule has 0 aliphatic carbocycles. The predicted molar refractivity (Wildman–Crippen MR) is 109 cm³/mol. The summed E-state index contributed by atoms with van der Waals surface area (Å²) in [6, 6.07) is 17.0. The fourth-order valence-corrected chi connectivity index (χ4v) is 4.15. The zero-order valence-corrected chi connectivity index (χ0v) is 16.7. The molecule has 0 spiro atoms. The molecule has 2 aromatic carbocycles. The van der Waals surface area contributed by atoms with Crippen molar-refractivity contribution in [2.75, 3.05) is 13.7 Å². The smallest absolute Gasteiger partial charge is 0.323 e. The quantitative estimate of drug-likeness (QED) is 0.385. The highest BCUT2D eigenvalue weighted by atomic mass is 35.5. The van der Waals surface area contributed by atoms with E-state index in [-0.39, 0.29) is 5.97 Å². The number of benzene rings is 2. The third-order valence-electron chi connectivity index (χ3n) is 3.98. The van der Waals surface area contributed by atoms with Gasteiger partial charge in [-0.25, -0.2) is 0 Å². The molecular formula is C21H20ClNO3S. The molecule has 4 nitrogen and oxygen atoms in total. The van der Waals surface area contributed by atoms with Gasteiger partial charge >= 0.3 is 5.97 Å². The summed E-state index contributed by atoms with van der Waals surface area (Å²) in [6.07, 6.45) is 3.89. The molecule has 0 aliphatic heterocycles. The van der Waals surface area contributed by atoms with Crippen molar-refractivity contribution in [3.05, 3.63) is 77.6 Å². The molecule has 0 saturated heterocycles. The van der Waals surface area contributed by atoms with E-state index in [9.17, 15) is 4.79 Å². The van der Waals surface area contributed by atoms with E-state index in [0.29, 0.717) is 11.6 Å². The van der Waals surface area contributed by atoms with Crippen LogP contribution in [0.5, 0.6) is 5.75 Å². The standard InChI is InChI=1S/C21H20ClNO3S/c1-3-26-21(24)19(15-9-11-16(25-2)12-10-15)27-20-17(22)7-6-8-18(20)23-13-4-5-14-23/h4-14,19H,3H2,1-2H3. The second kappa shape index (κ2) is 9.02. The summed E-state index contributed by atoms with van der Waals surface area (Å²) in [5.41, 5.74) is 1.75. The Morgan fingerprint density at radius 2 is 1.81 bits per heavy atom. The topological polar surface area (TPSA) is 40.5 Å². The van der Waals surface area contributed by atoms with Crippen LogP contribution in [0.3, 0.4) is 0 Å². The average molecular weight is 402 g/mol. The van der Waals surface area contributed by atoms with Gasteiger partial charge in [0.15, 0.2) is 0 Å². The van der Waals surface area contributed by atoms with Gasteiger partial charge in [0, 0.05) is 12.4 Å². The average Bonchev–Trinajstić information content (AvgIpc) is 3.22. The maximum atomic E-state index is 12.7. The minimum atomic E-state index is -0.537. The molecule has 1 unspecified atom stereocenters. The Morgan fingerprint density at radius 3 is 2.44 bits per heavy atom. The second-order valence-electron chi connectivity index (χ2n) is 5.70. The van der Waals surface area contributed by atoms with Gasteiger partial charge in [0.2, 0.25) is 0 Å². The molecule has 3 aromatic rings. The van der Waals surface area contributed by atoms with Crippen molar-refractivity contribution >= 4 is 29.3 Å². The van der Waals surface area contributed by atoms with Crippen molar-refractivity contribution in [1.82, 2.24) is 4.57 Å². The first-order valence-corrected chi connectivity index (χ1v) is 9.79. The Hall–Kier alpha value is -2.37. The fraction of sp³-hybridized carbons (Fsp3) is 0.190. The molecule has 0 radical (unpaired) electrons. The largest absolute Gasteiger partial charge is 0.497 e. The zero-order chi connectivity index (χ0) is 19.2. The van der Waals surface area contributed by atoms with Gasteiger partial charge in [-0.2, -0.15) is 0 Å². The fourth-order valence-electron chi connectivity index (χ4n) is 2.68. The summed E-state index contributed by atoms with van der Waals surface area (Å²) in [6.45, 7) is 2.12. The van der Waals surface area contributed by atoms with E-state index < -0.39 is 5.25 Å². The highest BCUT2D eigenvalue weighted by Gasteiger charge is 2.26. The maximum Gasteiger partial charge on any atom is 0.323 e. The van der Waals surface area contributed by atoms with Crippen LogP contribution in [0.1, 0.15) is 17.7 Å². The van der Waals surface area contributed by atoms with E-state index in [0.717, 1.165) is 21.9 Å². The van der Waals surface area contributed by atoms with Crippen molar-refractivity contribution in [3.8, 4) is 11.4 Å². The van der Waals surface area contributed by atoms with E-state index in [4.69, 9.17) is 21.1 Å². The van der Waals surface area contributed by atoms with Crippen molar-refractivity contribution in [3.63, 3.8) is 0 Å². The number of hydrogen-bond acceptors (Lipinski definition) is 4. The van der Waals surface area contributed by atoms with Crippen LogP contribution in [0.15, 0.2) is 71.9 Å². The zero-order valence-electron chi connectivity index (χ0n) is 15.1. The normalized spacial score (nSPS) is 11.8. The van der Waals surface area contributed by atoms with Gasteiger partial charge in [0.05, 0.1) is 29.3 Å². The molecule has 6 heteroatoms. The van der Waals surface area contributed by atoms with Gasteiger partial charge < -0.3 is 14.0 Å². The molecule has 0 bridgehead atoms. The summed E-state index contributed by atoms with van der Waals surface area (Å²) in [4.78, 5) is 13.5. The molecule has 3 rings (SSSR count). The van der Waals surface area contributed by atoms with E-state index in [1.54, 1.807) is 14.0 Å². The van der Waals surface area contributed by atoms with Crippen LogP contribution in [-0.2, 0) is 9.53 Å². The number of nitrogens with zero attached hydrogens (tertiary/aromatic N) is 1. The molecule has 0 N–H and O–H groups in total. The van der Waals surface area contributed by atoms with Crippen molar-refractivity contribution in [2.45, 2.75) is 17.1 Å². The number of methoxy groups -OCH3 is 1. The van der Waals surface area contributed by atoms with Gasteiger partial charge in [-0.15, -0.1) is 11.8 Å². The third kappa shape index (κ3) is 4.49. The van der Waals surface area contributed by atoms with Gasteiger partial charge in [0.1, 0.15) is 11.0 Å². The SMILES string of the molecule is CCOC(=O)C(Sc1c(Cl)cccc1-n1cccc1)c1ccc(OC)cc1. The van der Waals surface area contributed by atoms with Crippen molar-refractivity contribution in [2.24, 2.45) is 0 Å². The summed E-state index contributed by atoms with van der Waals surface area (Å²) in [5.74, 6) is 0.433. The van der Waals surface area contributed by atoms with Crippen LogP contribution in [0.25, 0.3) is 5.69 Å². The first kappa shape index (κ1) is 19.4. The number of carbonyl (C=O) groups excluding carboxylic acids is 1. The molecule has 0 saturated carbocycles. The number of hydrogen-bond donors (Lipinski definition) is 0. The molecule has 0 aliphatic rings. The predicted octanol–water partition coefficient (Wildman–Crippen LogP) is 5.54. The van der Waals surface area contributed by atoms with Crippen LogP contribution in [-0.4, -0.2) is 24.3 Å². The lowest BCUT2D eigenvalue weighted by Crippen LogP contribution is -2.13. The third-order valence-corrected chi connectivity index (χ3v) is 5.78. The second-order valence-corrected chi connectivity index (χ2v) is 7.22. The molecular weight excluding hydrogens is 382 g/mol. The first-order chi connectivity index (χ1) is 13.1. The van der Waals surface area contributed by atoms with Crippen molar-refractivity contribution in [1.29, 1.82) is 0 Å². The summed E-state index contributed by atoms with van der Waals surface area (Å²) in [5, 5.41) is 0.0547. The highest BCUT2D eigenvalue weighted by molar-refractivity contribution is 8.00. The Morgan fingerprint density at radius 1 is 1.11 bits per heavy atom. The maximum absolute atomic E-state index is 12.7. The lowest BCUT2D eigenvalue weighted by Gasteiger charge is -2.19. The van der Waals surface area contributed by atoms with E-state index >= 15 is 0 Å². The van der Waals surface area contributed by atoms with E-state index in [2.05, 4.69) is 0 Å². The minimum Gasteiger partial charge on any atom is -0.497 e. The summed E-state index contributed by atoms with van der Waals surface area (Å²) >= 11 is 7.89.